The molecule has 1 aromatic rings. The number of hydrogen-bond donors (Lipinski definition) is 1. The van der Waals surface area contributed by atoms with Crippen LogP contribution in [0.15, 0.2) is 16.5 Å². The molecule has 3 nitrogen and oxygen atoms in total. The normalized spacial score (nSPS) is 12.8. The number of nitrogens with one attached hydrogen (secondary N) is 1. The molecule has 1 rings (SSSR count). The first-order valence-electron chi connectivity index (χ1n) is 5.52. The van der Waals surface area contributed by atoms with Crippen LogP contribution in [0.2, 0.25) is 0 Å². The van der Waals surface area contributed by atoms with E-state index in [-0.39, 0.29) is 11.3 Å². The summed E-state index contributed by atoms with van der Waals surface area (Å²) in [6.07, 6.45) is 0.964. The molecule has 0 fully saturated rings. The maximum atomic E-state index is 11.6. The fourth-order valence-electron chi connectivity index (χ4n) is 1.25. The van der Waals surface area contributed by atoms with Gasteiger partial charge in [-0.25, -0.2) is 0 Å². The highest BCUT2D eigenvalue weighted by Gasteiger charge is 2.13. The van der Waals surface area contributed by atoms with Gasteiger partial charge in [-0.3, -0.25) is 4.79 Å². The van der Waals surface area contributed by atoms with Crippen molar-refractivity contribution in [1.29, 1.82) is 0 Å². The van der Waals surface area contributed by atoms with Crippen molar-refractivity contribution in [2.75, 3.05) is 6.54 Å². The summed E-state index contributed by atoms with van der Waals surface area (Å²) < 4.78 is 5.32. The van der Waals surface area contributed by atoms with E-state index in [1.54, 1.807) is 19.1 Å². The van der Waals surface area contributed by atoms with Gasteiger partial charge in [0.05, 0.1) is 5.38 Å². The molecule has 1 unspecified atom stereocenters. The van der Waals surface area contributed by atoms with Crippen molar-refractivity contribution in [3.8, 4) is 0 Å². The van der Waals surface area contributed by atoms with Crippen LogP contribution in [0.3, 0.4) is 0 Å². The van der Waals surface area contributed by atoms with Crippen LogP contribution in [0.25, 0.3) is 0 Å². The highest BCUT2D eigenvalue weighted by Crippen LogP contribution is 2.21. The Balaban J connectivity index is 2.46. The van der Waals surface area contributed by atoms with Gasteiger partial charge < -0.3 is 9.73 Å². The molecule has 1 heterocycles. The molecule has 0 radical (unpaired) electrons. The van der Waals surface area contributed by atoms with Gasteiger partial charge in [0.25, 0.3) is 5.91 Å². The second-order valence-electron chi connectivity index (χ2n) is 4.26. The average molecular weight is 244 g/mol. The van der Waals surface area contributed by atoms with E-state index in [2.05, 4.69) is 19.2 Å². The van der Waals surface area contributed by atoms with E-state index in [0.29, 0.717) is 24.0 Å². The van der Waals surface area contributed by atoms with Gasteiger partial charge in [-0.2, -0.15) is 0 Å². The van der Waals surface area contributed by atoms with Crippen molar-refractivity contribution in [1.82, 2.24) is 5.32 Å². The Morgan fingerprint density at radius 1 is 1.44 bits per heavy atom. The zero-order chi connectivity index (χ0) is 12.1. The van der Waals surface area contributed by atoms with Crippen LogP contribution in [0.4, 0.5) is 0 Å². The largest absolute Gasteiger partial charge is 0.454 e. The van der Waals surface area contributed by atoms with Crippen LogP contribution in [0.1, 0.15) is 48.9 Å². The van der Waals surface area contributed by atoms with E-state index in [0.717, 1.165) is 6.42 Å². The van der Waals surface area contributed by atoms with Crippen molar-refractivity contribution in [2.45, 2.75) is 32.6 Å². The van der Waals surface area contributed by atoms with E-state index in [1.807, 2.05) is 0 Å². The quantitative estimate of drug-likeness (QED) is 0.806. The summed E-state index contributed by atoms with van der Waals surface area (Å²) in [6, 6.07) is 3.38. The smallest absolute Gasteiger partial charge is 0.286 e. The van der Waals surface area contributed by atoms with Gasteiger partial charge in [-0.05, 0) is 31.4 Å². The third-order valence-corrected chi connectivity index (χ3v) is 2.46. The lowest BCUT2D eigenvalue weighted by atomic mass is 10.1. The summed E-state index contributed by atoms with van der Waals surface area (Å²) >= 11 is 5.84. The third-order valence-electron chi connectivity index (χ3n) is 2.25. The van der Waals surface area contributed by atoms with Crippen LogP contribution < -0.4 is 5.32 Å². The zero-order valence-corrected chi connectivity index (χ0v) is 10.7. The number of rotatable bonds is 5. The van der Waals surface area contributed by atoms with E-state index in [9.17, 15) is 4.79 Å². The minimum atomic E-state index is -0.211. The lowest BCUT2D eigenvalue weighted by molar-refractivity contribution is 0.0922. The molecular formula is C12H18ClNO2. The van der Waals surface area contributed by atoms with Gasteiger partial charge in [0, 0.05) is 6.54 Å². The first kappa shape index (κ1) is 13.1. The molecule has 1 atom stereocenters. The first-order chi connectivity index (χ1) is 7.50. The van der Waals surface area contributed by atoms with E-state index in [1.165, 1.54) is 0 Å². The predicted molar refractivity (Wildman–Crippen MR) is 64.8 cm³/mol. The molecule has 0 aliphatic rings. The van der Waals surface area contributed by atoms with Crippen LogP contribution >= 0.6 is 11.6 Å². The SMILES string of the molecule is CC(C)CCNC(=O)c1ccc(C(C)Cl)o1. The molecule has 0 aliphatic carbocycles. The van der Waals surface area contributed by atoms with E-state index >= 15 is 0 Å². The van der Waals surface area contributed by atoms with Crippen LogP contribution in [-0.4, -0.2) is 12.5 Å². The zero-order valence-electron chi connectivity index (χ0n) is 9.92. The Labute approximate surface area is 101 Å². The van der Waals surface area contributed by atoms with Crippen LogP contribution in [-0.2, 0) is 0 Å². The third kappa shape index (κ3) is 3.89. The molecular weight excluding hydrogens is 226 g/mol. The van der Waals surface area contributed by atoms with Gasteiger partial charge in [0.15, 0.2) is 5.76 Å². The number of carbonyl (C=O) groups excluding carboxylic acids is 1. The summed E-state index contributed by atoms with van der Waals surface area (Å²) in [5.74, 6) is 1.35. The van der Waals surface area contributed by atoms with E-state index < -0.39 is 0 Å². The molecule has 16 heavy (non-hydrogen) atoms. The Kier molecular flexibility index (Phi) is 4.87. The lowest BCUT2D eigenvalue weighted by Crippen LogP contribution is -2.24. The second-order valence-corrected chi connectivity index (χ2v) is 4.91. The summed E-state index contributed by atoms with van der Waals surface area (Å²) in [6.45, 7) is 6.71. The van der Waals surface area contributed by atoms with Gasteiger partial charge in [0.2, 0.25) is 0 Å². The highest BCUT2D eigenvalue weighted by atomic mass is 35.5. The standard InChI is InChI=1S/C12H18ClNO2/c1-8(2)6-7-14-12(15)11-5-4-10(16-11)9(3)13/h4-5,8-9H,6-7H2,1-3H3,(H,14,15). The first-order valence-corrected chi connectivity index (χ1v) is 5.96. The molecule has 1 aromatic heterocycles. The summed E-state index contributed by atoms with van der Waals surface area (Å²) in [5, 5.41) is 2.60. The second kappa shape index (κ2) is 5.94. The monoisotopic (exact) mass is 243 g/mol. The predicted octanol–water partition coefficient (Wildman–Crippen LogP) is 3.36. The molecule has 0 saturated carbocycles. The summed E-state index contributed by atoms with van der Waals surface area (Å²) in [7, 11) is 0. The van der Waals surface area contributed by atoms with Crippen molar-refractivity contribution >= 4 is 17.5 Å². The Hall–Kier alpha value is -0.960. The van der Waals surface area contributed by atoms with Crippen LogP contribution in [0.5, 0.6) is 0 Å². The molecule has 0 aliphatic heterocycles. The Morgan fingerprint density at radius 3 is 2.62 bits per heavy atom. The molecule has 4 heteroatoms. The average Bonchev–Trinajstić information content (AvgIpc) is 2.65. The fourth-order valence-corrected chi connectivity index (χ4v) is 1.37. The molecule has 0 aromatic carbocycles. The lowest BCUT2D eigenvalue weighted by Gasteiger charge is -2.05. The van der Waals surface area contributed by atoms with E-state index in [4.69, 9.17) is 16.0 Å². The fraction of sp³-hybridized carbons (Fsp3) is 0.583. The summed E-state index contributed by atoms with van der Waals surface area (Å²) in [4.78, 5) is 11.6. The van der Waals surface area contributed by atoms with Gasteiger partial charge in [0.1, 0.15) is 5.76 Å². The van der Waals surface area contributed by atoms with Gasteiger partial charge in [-0.15, -0.1) is 11.6 Å². The number of amides is 1. The topological polar surface area (TPSA) is 42.2 Å². The number of alkyl halides is 1. The molecule has 0 saturated heterocycles. The number of carbonyl (C=O) groups is 1. The minimum Gasteiger partial charge on any atom is -0.454 e. The molecule has 0 bridgehead atoms. The van der Waals surface area contributed by atoms with Gasteiger partial charge in [-0.1, -0.05) is 13.8 Å². The number of hydrogen-bond acceptors (Lipinski definition) is 2. The Bertz CT molecular complexity index is 345. The molecule has 1 amide bonds. The molecule has 0 spiro atoms. The highest BCUT2D eigenvalue weighted by molar-refractivity contribution is 6.20. The van der Waals surface area contributed by atoms with Crippen molar-refractivity contribution in [3.05, 3.63) is 23.7 Å². The maximum absolute atomic E-state index is 11.6. The number of furan rings is 1. The van der Waals surface area contributed by atoms with Gasteiger partial charge >= 0.3 is 0 Å². The van der Waals surface area contributed by atoms with Crippen molar-refractivity contribution < 1.29 is 9.21 Å². The van der Waals surface area contributed by atoms with Crippen molar-refractivity contribution in [2.24, 2.45) is 5.92 Å². The molecule has 90 valence electrons. The summed E-state index contributed by atoms with van der Waals surface area (Å²) in [5.41, 5.74) is 0. The minimum absolute atomic E-state index is 0.177. The van der Waals surface area contributed by atoms with Crippen LogP contribution in [0, 0.1) is 5.92 Å². The number of halogens is 1. The van der Waals surface area contributed by atoms with Crippen molar-refractivity contribution in [3.63, 3.8) is 0 Å². The Morgan fingerprint density at radius 2 is 2.12 bits per heavy atom. The maximum Gasteiger partial charge on any atom is 0.286 e. The molecule has 1 N–H and O–H groups in total.